The molecule has 1 amide bonds. The summed E-state index contributed by atoms with van der Waals surface area (Å²) < 4.78 is 5.26. The lowest BCUT2D eigenvalue weighted by molar-refractivity contribution is 0.102. The van der Waals surface area contributed by atoms with Gasteiger partial charge in [0.2, 0.25) is 0 Å². The van der Waals surface area contributed by atoms with Gasteiger partial charge in [-0.05, 0) is 48.4 Å². The molecule has 0 saturated heterocycles. The van der Waals surface area contributed by atoms with E-state index < -0.39 is 0 Å². The molecule has 3 rings (SSSR count). The van der Waals surface area contributed by atoms with Crippen LogP contribution in [0.3, 0.4) is 0 Å². The number of aryl methyl sites for hydroxylation is 1. The van der Waals surface area contributed by atoms with Gasteiger partial charge in [0.25, 0.3) is 5.91 Å². The second-order valence-corrected chi connectivity index (χ2v) is 6.95. The Hall–Kier alpha value is -2.72. The van der Waals surface area contributed by atoms with E-state index in [1.165, 1.54) is 10.5 Å². The SMILES string of the molecule is COc1ccccc1C(=O)Nc1ccc(CSc2ccccc2)cc1C. The molecule has 0 unspecified atom stereocenters. The molecule has 0 aliphatic rings. The van der Waals surface area contributed by atoms with Crippen LogP contribution in [0.5, 0.6) is 5.75 Å². The molecule has 26 heavy (non-hydrogen) atoms. The summed E-state index contributed by atoms with van der Waals surface area (Å²) in [6.45, 7) is 2.01. The van der Waals surface area contributed by atoms with Crippen LogP contribution in [0.25, 0.3) is 0 Å². The predicted molar refractivity (Wildman–Crippen MR) is 108 cm³/mol. The molecule has 3 aromatic rings. The lowest BCUT2D eigenvalue weighted by Crippen LogP contribution is -2.14. The molecule has 0 spiro atoms. The molecule has 0 atom stereocenters. The molecule has 0 aliphatic carbocycles. The van der Waals surface area contributed by atoms with Crippen LogP contribution < -0.4 is 10.1 Å². The van der Waals surface area contributed by atoms with E-state index in [0.717, 1.165) is 17.0 Å². The van der Waals surface area contributed by atoms with E-state index in [1.807, 2.05) is 43.3 Å². The average Bonchev–Trinajstić information content (AvgIpc) is 2.69. The van der Waals surface area contributed by atoms with Crippen LogP contribution in [0.1, 0.15) is 21.5 Å². The Morgan fingerprint density at radius 3 is 2.46 bits per heavy atom. The monoisotopic (exact) mass is 363 g/mol. The summed E-state index contributed by atoms with van der Waals surface area (Å²) in [5.74, 6) is 1.29. The van der Waals surface area contributed by atoms with Gasteiger partial charge in [0.1, 0.15) is 5.75 Å². The number of carbonyl (C=O) groups excluding carboxylic acids is 1. The van der Waals surface area contributed by atoms with E-state index >= 15 is 0 Å². The molecule has 0 heterocycles. The molecule has 0 aliphatic heterocycles. The van der Waals surface area contributed by atoms with Crippen LogP contribution in [-0.2, 0) is 5.75 Å². The third-order valence-corrected chi connectivity index (χ3v) is 5.12. The van der Waals surface area contributed by atoms with E-state index in [-0.39, 0.29) is 5.91 Å². The molecule has 0 aromatic heterocycles. The largest absolute Gasteiger partial charge is 0.496 e. The molecule has 0 fully saturated rings. The van der Waals surface area contributed by atoms with Gasteiger partial charge in [-0.15, -0.1) is 11.8 Å². The van der Waals surface area contributed by atoms with Crippen molar-refractivity contribution in [2.24, 2.45) is 0 Å². The lowest BCUT2D eigenvalue weighted by Gasteiger charge is -2.12. The van der Waals surface area contributed by atoms with Crippen molar-refractivity contribution in [3.05, 3.63) is 89.5 Å². The topological polar surface area (TPSA) is 38.3 Å². The summed E-state index contributed by atoms with van der Waals surface area (Å²) in [4.78, 5) is 13.8. The zero-order chi connectivity index (χ0) is 18.4. The van der Waals surface area contributed by atoms with Gasteiger partial charge in [0.15, 0.2) is 0 Å². The summed E-state index contributed by atoms with van der Waals surface area (Å²) in [7, 11) is 1.57. The van der Waals surface area contributed by atoms with Crippen molar-refractivity contribution in [3.8, 4) is 5.75 Å². The van der Waals surface area contributed by atoms with Crippen LogP contribution in [0.4, 0.5) is 5.69 Å². The number of amides is 1. The number of hydrogen-bond donors (Lipinski definition) is 1. The first kappa shape index (κ1) is 18.1. The van der Waals surface area contributed by atoms with E-state index in [0.29, 0.717) is 11.3 Å². The van der Waals surface area contributed by atoms with E-state index in [2.05, 4.69) is 29.6 Å². The second-order valence-electron chi connectivity index (χ2n) is 5.91. The van der Waals surface area contributed by atoms with Crippen molar-refractivity contribution in [1.29, 1.82) is 0 Å². The Labute approximate surface area is 158 Å². The molecule has 0 saturated carbocycles. The van der Waals surface area contributed by atoms with Gasteiger partial charge < -0.3 is 10.1 Å². The Bertz CT molecular complexity index is 894. The number of rotatable bonds is 6. The van der Waals surface area contributed by atoms with Crippen molar-refractivity contribution in [2.45, 2.75) is 17.6 Å². The first-order valence-electron chi connectivity index (χ1n) is 8.39. The zero-order valence-electron chi connectivity index (χ0n) is 14.9. The maximum absolute atomic E-state index is 12.5. The summed E-state index contributed by atoms with van der Waals surface area (Å²) in [6.07, 6.45) is 0. The standard InChI is InChI=1S/C22H21NO2S/c1-16-14-17(15-26-18-8-4-3-5-9-18)12-13-20(16)23-22(24)19-10-6-7-11-21(19)25-2/h3-14H,15H2,1-2H3,(H,23,24). The quantitative estimate of drug-likeness (QED) is 0.584. The molecular formula is C22H21NO2S. The minimum atomic E-state index is -0.169. The van der Waals surface area contributed by atoms with Crippen LogP contribution in [-0.4, -0.2) is 13.0 Å². The number of anilines is 1. The van der Waals surface area contributed by atoms with Crippen LogP contribution in [0.2, 0.25) is 0 Å². The predicted octanol–water partition coefficient (Wildman–Crippen LogP) is 5.55. The molecule has 0 bridgehead atoms. The molecule has 132 valence electrons. The van der Waals surface area contributed by atoms with Crippen LogP contribution in [0, 0.1) is 6.92 Å². The number of thioether (sulfide) groups is 1. The summed E-state index contributed by atoms with van der Waals surface area (Å²) in [5, 5.41) is 2.98. The molecule has 1 N–H and O–H groups in total. The summed E-state index contributed by atoms with van der Waals surface area (Å²) in [6, 6.07) is 23.7. The Morgan fingerprint density at radius 2 is 1.73 bits per heavy atom. The van der Waals surface area contributed by atoms with Gasteiger partial charge >= 0.3 is 0 Å². The highest BCUT2D eigenvalue weighted by Crippen LogP contribution is 2.26. The maximum Gasteiger partial charge on any atom is 0.259 e. The van der Waals surface area contributed by atoms with Crippen molar-refractivity contribution >= 4 is 23.4 Å². The first-order chi connectivity index (χ1) is 12.7. The van der Waals surface area contributed by atoms with Gasteiger partial charge in [0.05, 0.1) is 12.7 Å². The average molecular weight is 363 g/mol. The highest BCUT2D eigenvalue weighted by Gasteiger charge is 2.12. The van der Waals surface area contributed by atoms with Crippen molar-refractivity contribution in [3.63, 3.8) is 0 Å². The summed E-state index contributed by atoms with van der Waals surface area (Å²) in [5.41, 5.74) is 3.61. The molecular weight excluding hydrogens is 342 g/mol. The normalized spacial score (nSPS) is 10.4. The third kappa shape index (κ3) is 4.46. The van der Waals surface area contributed by atoms with E-state index in [1.54, 1.807) is 31.0 Å². The number of hydrogen-bond acceptors (Lipinski definition) is 3. The van der Waals surface area contributed by atoms with Gasteiger partial charge in [-0.3, -0.25) is 4.79 Å². The van der Waals surface area contributed by atoms with Gasteiger partial charge in [-0.1, -0.05) is 42.5 Å². The van der Waals surface area contributed by atoms with Crippen LogP contribution in [0.15, 0.2) is 77.7 Å². The van der Waals surface area contributed by atoms with Crippen molar-refractivity contribution in [2.75, 3.05) is 12.4 Å². The maximum atomic E-state index is 12.5. The number of benzene rings is 3. The fourth-order valence-corrected chi connectivity index (χ4v) is 3.52. The number of carbonyl (C=O) groups is 1. The Balaban J connectivity index is 1.68. The Kier molecular flexibility index (Phi) is 5.97. The van der Waals surface area contributed by atoms with Crippen LogP contribution >= 0.6 is 11.8 Å². The fraction of sp³-hybridized carbons (Fsp3) is 0.136. The van der Waals surface area contributed by atoms with E-state index in [4.69, 9.17) is 4.74 Å². The minimum absolute atomic E-state index is 0.169. The van der Waals surface area contributed by atoms with Crippen molar-refractivity contribution in [1.82, 2.24) is 0 Å². The number of ether oxygens (including phenoxy) is 1. The minimum Gasteiger partial charge on any atom is -0.496 e. The number of methoxy groups -OCH3 is 1. The highest BCUT2D eigenvalue weighted by atomic mass is 32.2. The molecule has 0 radical (unpaired) electrons. The number of para-hydroxylation sites is 1. The molecule has 4 heteroatoms. The first-order valence-corrected chi connectivity index (χ1v) is 9.37. The molecule has 3 nitrogen and oxygen atoms in total. The van der Waals surface area contributed by atoms with Crippen molar-refractivity contribution < 1.29 is 9.53 Å². The number of nitrogens with one attached hydrogen (secondary N) is 1. The van der Waals surface area contributed by atoms with Gasteiger partial charge in [-0.2, -0.15) is 0 Å². The van der Waals surface area contributed by atoms with Gasteiger partial charge in [-0.25, -0.2) is 0 Å². The highest BCUT2D eigenvalue weighted by molar-refractivity contribution is 7.98. The third-order valence-electron chi connectivity index (χ3n) is 4.04. The smallest absolute Gasteiger partial charge is 0.259 e. The summed E-state index contributed by atoms with van der Waals surface area (Å²) >= 11 is 1.80. The second kappa shape index (κ2) is 8.59. The van der Waals surface area contributed by atoms with E-state index in [9.17, 15) is 4.79 Å². The Morgan fingerprint density at radius 1 is 1.00 bits per heavy atom. The zero-order valence-corrected chi connectivity index (χ0v) is 15.7. The fourth-order valence-electron chi connectivity index (χ4n) is 2.66. The molecule has 3 aromatic carbocycles. The lowest BCUT2D eigenvalue weighted by atomic mass is 10.1. The van der Waals surface area contributed by atoms with Gasteiger partial charge in [0, 0.05) is 16.3 Å².